The molecule has 0 aromatic heterocycles. The lowest BCUT2D eigenvalue weighted by molar-refractivity contribution is 0.318. The zero-order chi connectivity index (χ0) is 7.98. The van der Waals surface area contributed by atoms with Crippen molar-refractivity contribution in [2.45, 2.75) is 13.8 Å². The fraction of sp³-hybridized carbons (Fsp3) is 0.857. The summed E-state index contributed by atoms with van der Waals surface area (Å²) >= 11 is 0. The summed E-state index contributed by atoms with van der Waals surface area (Å²) < 4.78 is 0. The summed E-state index contributed by atoms with van der Waals surface area (Å²) in [7, 11) is 3.93. The highest BCUT2D eigenvalue weighted by Crippen LogP contribution is 1.85. The van der Waals surface area contributed by atoms with Gasteiger partial charge in [-0.2, -0.15) is 5.10 Å². The van der Waals surface area contributed by atoms with Crippen molar-refractivity contribution in [3.63, 3.8) is 0 Å². The summed E-state index contributed by atoms with van der Waals surface area (Å²) in [4.78, 5) is 1.93. The molecule has 0 saturated heterocycles. The standard InChI is InChI=1S/C7H17N3/c1-5-10(6-2)8-7-9(3)4/h7H,5-6H2,1-4H3/b8-7+. The minimum absolute atomic E-state index is 0.973. The first-order chi connectivity index (χ1) is 4.70. The van der Waals surface area contributed by atoms with Gasteiger partial charge in [0.15, 0.2) is 0 Å². The molecule has 0 unspecified atom stereocenters. The van der Waals surface area contributed by atoms with Gasteiger partial charge in [0.1, 0.15) is 6.34 Å². The summed E-state index contributed by atoms with van der Waals surface area (Å²) in [6.45, 7) is 6.13. The Labute approximate surface area is 63.3 Å². The number of nitrogens with zero attached hydrogens (tertiary/aromatic N) is 3. The lowest BCUT2D eigenvalue weighted by Crippen LogP contribution is -2.19. The Balaban J connectivity index is 3.61. The van der Waals surface area contributed by atoms with Crippen LogP contribution in [-0.2, 0) is 0 Å². The minimum atomic E-state index is 0.973. The zero-order valence-corrected chi connectivity index (χ0v) is 7.33. The Hall–Kier alpha value is -0.730. The van der Waals surface area contributed by atoms with Crippen LogP contribution in [0.5, 0.6) is 0 Å². The molecule has 60 valence electrons. The Kier molecular flexibility index (Phi) is 4.72. The largest absolute Gasteiger partial charge is 0.367 e. The van der Waals surface area contributed by atoms with Crippen LogP contribution in [0, 0.1) is 0 Å². The molecule has 0 aromatic rings. The predicted octanol–water partition coefficient (Wildman–Crippen LogP) is 0.833. The molecule has 0 rings (SSSR count). The SMILES string of the molecule is CCN(CC)/N=C/N(C)C. The topological polar surface area (TPSA) is 18.8 Å². The number of hydrogen-bond donors (Lipinski definition) is 0. The first kappa shape index (κ1) is 9.27. The highest BCUT2D eigenvalue weighted by Gasteiger charge is 1.88. The van der Waals surface area contributed by atoms with E-state index in [4.69, 9.17) is 0 Å². The number of hydrazone groups is 1. The molecule has 0 aliphatic heterocycles. The van der Waals surface area contributed by atoms with E-state index in [9.17, 15) is 0 Å². The molecule has 0 heterocycles. The molecule has 0 atom stereocenters. The zero-order valence-electron chi connectivity index (χ0n) is 7.33. The van der Waals surface area contributed by atoms with Crippen molar-refractivity contribution in [1.82, 2.24) is 9.91 Å². The van der Waals surface area contributed by atoms with Crippen molar-refractivity contribution >= 4 is 6.34 Å². The van der Waals surface area contributed by atoms with Crippen LogP contribution in [0.4, 0.5) is 0 Å². The summed E-state index contributed by atoms with van der Waals surface area (Å²) in [6, 6.07) is 0. The van der Waals surface area contributed by atoms with Gasteiger partial charge in [0.2, 0.25) is 0 Å². The summed E-state index contributed by atoms with van der Waals surface area (Å²) in [5.41, 5.74) is 0. The van der Waals surface area contributed by atoms with Crippen LogP contribution in [0.2, 0.25) is 0 Å². The number of hydrogen-bond acceptors (Lipinski definition) is 2. The molecule has 0 N–H and O–H groups in total. The van der Waals surface area contributed by atoms with Gasteiger partial charge in [0, 0.05) is 27.2 Å². The molecular formula is C7H17N3. The minimum Gasteiger partial charge on any atom is -0.367 e. The fourth-order valence-corrected chi connectivity index (χ4v) is 0.563. The van der Waals surface area contributed by atoms with E-state index >= 15 is 0 Å². The third-order valence-electron chi connectivity index (χ3n) is 1.18. The van der Waals surface area contributed by atoms with Crippen LogP contribution in [-0.4, -0.2) is 43.4 Å². The molecule has 0 aliphatic carbocycles. The highest BCUT2D eigenvalue weighted by atomic mass is 15.5. The maximum Gasteiger partial charge on any atom is 0.110 e. The molecule has 0 amide bonds. The van der Waals surface area contributed by atoms with Gasteiger partial charge in [0.25, 0.3) is 0 Å². The van der Waals surface area contributed by atoms with Crippen molar-refractivity contribution in [2.75, 3.05) is 27.2 Å². The van der Waals surface area contributed by atoms with Gasteiger partial charge in [-0.15, -0.1) is 0 Å². The molecule has 0 fully saturated rings. The van der Waals surface area contributed by atoms with Crippen molar-refractivity contribution in [3.05, 3.63) is 0 Å². The van der Waals surface area contributed by atoms with Crippen molar-refractivity contribution in [2.24, 2.45) is 5.10 Å². The van der Waals surface area contributed by atoms with E-state index < -0.39 is 0 Å². The molecule has 0 aliphatic rings. The van der Waals surface area contributed by atoms with E-state index in [1.54, 1.807) is 0 Å². The fourth-order valence-electron chi connectivity index (χ4n) is 0.563. The van der Waals surface area contributed by atoms with Crippen LogP contribution in [0.3, 0.4) is 0 Å². The Morgan fingerprint density at radius 2 is 1.70 bits per heavy atom. The molecule has 10 heavy (non-hydrogen) atoms. The molecular weight excluding hydrogens is 126 g/mol. The average Bonchev–Trinajstić information content (AvgIpc) is 1.90. The molecule has 3 heteroatoms. The van der Waals surface area contributed by atoms with Crippen LogP contribution in [0.1, 0.15) is 13.8 Å². The van der Waals surface area contributed by atoms with Crippen molar-refractivity contribution in [1.29, 1.82) is 0 Å². The van der Waals surface area contributed by atoms with Crippen LogP contribution in [0.15, 0.2) is 5.10 Å². The molecule has 0 saturated carbocycles. The smallest absolute Gasteiger partial charge is 0.110 e. The van der Waals surface area contributed by atoms with Crippen LogP contribution in [0.25, 0.3) is 0 Å². The van der Waals surface area contributed by atoms with E-state index in [0.717, 1.165) is 13.1 Å². The van der Waals surface area contributed by atoms with E-state index in [0.29, 0.717) is 0 Å². The third-order valence-corrected chi connectivity index (χ3v) is 1.18. The van der Waals surface area contributed by atoms with Gasteiger partial charge >= 0.3 is 0 Å². The van der Waals surface area contributed by atoms with E-state index in [-0.39, 0.29) is 0 Å². The second kappa shape index (κ2) is 5.09. The van der Waals surface area contributed by atoms with Gasteiger partial charge in [-0.05, 0) is 13.8 Å². The first-order valence-electron chi connectivity index (χ1n) is 3.66. The molecule has 3 nitrogen and oxygen atoms in total. The molecule has 0 spiro atoms. The van der Waals surface area contributed by atoms with Gasteiger partial charge in [-0.1, -0.05) is 0 Å². The lowest BCUT2D eigenvalue weighted by Gasteiger charge is -2.14. The average molecular weight is 143 g/mol. The van der Waals surface area contributed by atoms with Gasteiger partial charge in [-0.3, -0.25) is 5.01 Å². The van der Waals surface area contributed by atoms with Gasteiger partial charge in [-0.25, -0.2) is 0 Å². The van der Waals surface area contributed by atoms with E-state index in [1.165, 1.54) is 0 Å². The Morgan fingerprint density at radius 3 is 2.00 bits per heavy atom. The second-order valence-electron chi connectivity index (χ2n) is 2.33. The molecule has 0 radical (unpaired) electrons. The van der Waals surface area contributed by atoms with Crippen LogP contribution >= 0.6 is 0 Å². The highest BCUT2D eigenvalue weighted by molar-refractivity contribution is 5.53. The van der Waals surface area contributed by atoms with Gasteiger partial charge < -0.3 is 4.90 Å². The normalized spacial score (nSPS) is 10.4. The Bertz CT molecular complexity index is 95.0. The maximum atomic E-state index is 4.19. The third kappa shape index (κ3) is 4.18. The van der Waals surface area contributed by atoms with Gasteiger partial charge in [0.05, 0.1) is 0 Å². The summed E-state index contributed by atoms with van der Waals surface area (Å²) in [5.74, 6) is 0. The van der Waals surface area contributed by atoms with Crippen molar-refractivity contribution < 1.29 is 0 Å². The number of rotatable bonds is 4. The predicted molar refractivity (Wildman–Crippen MR) is 45.1 cm³/mol. The second-order valence-corrected chi connectivity index (χ2v) is 2.33. The summed E-state index contributed by atoms with van der Waals surface area (Å²) in [5, 5.41) is 6.19. The molecule has 0 bridgehead atoms. The first-order valence-corrected chi connectivity index (χ1v) is 3.66. The quantitative estimate of drug-likeness (QED) is 0.330. The van der Waals surface area contributed by atoms with Crippen LogP contribution < -0.4 is 0 Å². The van der Waals surface area contributed by atoms with Crippen molar-refractivity contribution in [3.8, 4) is 0 Å². The molecule has 0 aromatic carbocycles. The maximum absolute atomic E-state index is 4.19. The Morgan fingerprint density at radius 1 is 1.20 bits per heavy atom. The summed E-state index contributed by atoms with van der Waals surface area (Å²) in [6.07, 6.45) is 1.81. The lowest BCUT2D eigenvalue weighted by atomic mass is 10.6. The monoisotopic (exact) mass is 143 g/mol. The van der Waals surface area contributed by atoms with E-state index in [2.05, 4.69) is 18.9 Å². The van der Waals surface area contributed by atoms with E-state index in [1.807, 2.05) is 30.3 Å².